The summed E-state index contributed by atoms with van der Waals surface area (Å²) in [4.78, 5) is 25.9. The van der Waals surface area contributed by atoms with Crippen molar-refractivity contribution >= 4 is 11.9 Å². The first kappa shape index (κ1) is 15.5. The number of ether oxygens (including phenoxy) is 2. The molecule has 0 saturated carbocycles. The Morgan fingerprint density at radius 3 is 2.52 bits per heavy atom. The average molecular weight is 291 g/mol. The number of carbonyl (C=O) groups is 2. The van der Waals surface area contributed by atoms with Crippen LogP contribution in [0.1, 0.15) is 31.1 Å². The highest BCUT2D eigenvalue weighted by molar-refractivity contribution is 5.99. The molecule has 1 aromatic rings. The molecule has 0 aromatic heterocycles. The Morgan fingerprint density at radius 2 is 1.90 bits per heavy atom. The van der Waals surface area contributed by atoms with Gasteiger partial charge in [0.2, 0.25) is 0 Å². The Hall–Kier alpha value is -1.88. The minimum absolute atomic E-state index is 0.108. The van der Waals surface area contributed by atoms with Gasteiger partial charge in [-0.3, -0.25) is 4.79 Å². The monoisotopic (exact) mass is 291 g/mol. The lowest BCUT2D eigenvalue weighted by Gasteiger charge is -2.33. The Kier molecular flexibility index (Phi) is 4.63. The zero-order valence-electron chi connectivity index (χ0n) is 12.7. The van der Waals surface area contributed by atoms with Crippen LogP contribution in [0.4, 0.5) is 4.79 Å². The van der Waals surface area contributed by atoms with Gasteiger partial charge in [-0.25, -0.2) is 4.79 Å². The summed E-state index contributed by atoms with van der Waals surface area (Å²) < 4.78 is 10.8. The number of morpholine rings is 1. The van der Waals surface area contributed by atoms with Crippen LogP contribution in [0.25, 0.3) is 0 Å². The van der Waals surface area contributed by atoms with E-state index in [-0.39, 0.29) is 12.3 Å². The number of benzene rings is 1. The zero-order chi connectivity index (χ0) is 15.5. The number of Topliss-reactive ketones (excluding diaryl/α,β-unsaturated/α-hetero) is 1. The average Bonchev–Trinajstić information content (AvgIpc) is 2.46. The molecule has 1 aromatic carbocycles. The molecule has 0 N–H and O–H groups in total. The molecule has 0 bridgehead atoms. The van der Waals surface area contributed by atoms with E-state index in [4.69, 9.17) is 9.47 Å². The normalized spacial score (nSPS) is 19.2. The number of rotatable bonds is 2. The molecular formula is C16H21NO4. The molecule has 21 heavy (non-hydrogen) atoms. The largest absolute Gasteiger partial charge is 0.444 e. The van der Waals surface area contributed by atoms with Crippen molar-refractivity contribution in [3.63, 3.8) is 0 Å². The van der Waals surface area contributed by atoms with E-state index in [0.29, 0.717) is 18.7 Å². The third-order valence-corrected chi connectivity index (χ3v) is 3.07. The smallest absolute Gasteiger partial charge is 0.410 e. The quantitative estimate of drug-likeness (QED) is 0.786. The third kappa shape index (κ3) is 4.29. The van der Waals surface area contributed by atoms with Crippen molar-refractivity contribution in [3.8, 4) is 0 Å². The second-order valence-corrected chi connectivity index (χ2v) is 6.02. The lowest BCUT2D eigenvalue weighted by Crippen LogP contribution is -2.49. The van der Waals surface area contributed by atoms with Crippen LogP contribution in [0.5, 0.6) is 0 Å². The van der Waals surface area contributed by atoms with E-state index in [1.54, 1.807) is 12.1 Å². The summed E-state index contributed by atoms with van der Waals surface area (Å²) in [5.74, 6) is -0.108. The number of hydrogen-bond donors (Lipinski definition) is 0. The molecule has 0 spiro atoms. The fraction of sp³-hybridized carbons (Fsp3) is 0.500. The maximum absolute atomic E-state index is 12.3. The van der Waals surface area contributed by atoms with E-state index in [1.165, 1.54) is 4.90 Å². The summed E-state index contributed by atoms with van der Waals surface area (Å²) in [5, 5.41) is 0. The first-order valence-electron chi connectivity index (χ1n) is 7.05. The van der Waals surface area contributed by atoms with Crippen LogP contribution < -0.4 is 0 Å². The molecular weight excluding hydrogens is 270 g/mol. The lowest BCUT2D eigenvalue weighted by atomic mass is 10.1. The summed E-state index contributed by atoms with van der Waals surface area (Å²) in [6.45, 7) is 6.45. The molecule has 1 heterocycles. The molecule has 5 nitrogen and oxygen atoms in total. The van der Waals surface area contributed by atoms with E-state index in [9.17, 15) is 9.59 Å². The maximum atomic E-state index is 12.3. The van der Waals surface area contributed by atoms with Gasteiger partial charge in [0.25, 0.3) is 0 Å². The fourth-order valence-electron chi connectivity index (χ4n) is 2.09. The van der Waals surface area contributed by atoms with Crippen LogP contribution >= 0.6 is 0 Å². The number of carbonyl (C=O) groups excluding carboxylic acids is 2. The molecule has 0 aliphatic carbocycles. The SMILES string of the molecule is CC(C)(C)OC(=O)N1CCOC(C(=O)c2ccccc2)C1. The molecule has 1 aliphatic rings. The van der Waals surface area contributed by atoms with Crippen molar-refractivity contribution in [2.75, 3.05) is 19.7 Å². The van der Waals surface area contributed by atoms with Crippen LogP contribution in [-0.2, 0) is 9.47 Å². The van der Waals surface area contributed by atoms with E-state index in [1.807, 2.05) is 39.0 Å². The Balaban J connectivity index is 2.01. The van der Waals surface area contributed by atoms with Gasteiger partial charge in [0.1, 0.15) is 11.7 Å². The van der Waals surface area contributed by atoms with E-state index in [2.05, 4.69) is 0 Å². The number of ketones is 1. The van der Waals surface area contributed by atoms with Gasteiger partial charge >= 0.3 is 6.09 Å². The number of amides is 1. The van der Waals surface area contributed by atoms with Gasteiger partial charge in [0, 0.05) is 12.1 Å². The minimum atomic E-state index is -0.631. The maximum Gasteiger partial charge on any atom is 0.410 e. The second kappa shape index (κ2) is 6.26. The summed E-state index contributed by atoms with van der Waals surface area (Å²) >= 11 is 0. The van der Waals surface area contributed by atoms with E-state index >= 15 is 0 Å². The van der Waals surface area contributed by atoms with Crippen molar-refractivity contribution in [2.45, 2.75) is 32.5 Å². The van der Waals surface area contributed by atoms with Gasteiger partial charge in [0.05, 0.1) is 13.2 Å². The van der Waals surface area contributed by atoms with Crippen molar-refractivity contribution in [1.29, 1.82) is 0 Å². The topological polar surface area (TPSA) is 55.8 Å². The van der Waals surface area contributed by atoms with Crippen molar-refractivity contribution in [1.82, 2.24) is 4.90 Å². The molecule has 5 heteroatoms. The molecule has 1 amide bonds. The van der Waals surface area contributed by atoms with Crippen LogP contribution in [0.3, 0.4) is 0 Å². The molecule has 1 fully saturated rings. The van der Waals surface area contributed by atoms with Gasteiger partial charge < -0.3 is 14.4 Å². The standard InChI is InChI=1S/C16H21NO4/c1-16(2,3)21-15(19)17-9-10-20-13(11-17)14(18)12-7-5-4-6-8-12/h4-8,13H,9-11H2,1-3H3. The predicted molar refractivity (Wildman–Crippen MR) is 78.3 cm³/mol. The van der Waals surface area contributed by atoms with Gasteiger partial charge in [-0.1, -0.05) is 30.3 Å². The van der Waals surface area contributed by atoms with E-state index < -0.39 is 17.8 Å². The van der Waals surface area contributed by atoms with Gasteiger partial charge in [-0.05, 0) is 20.8 Å². The molecule has 1 atom stereocenters. The van der Waals surface area contributed by atoms with Crippen LogP contribution in [0.2, 0.25) is 0 Å². The zero-order valence-corrected chi connectivity index (χ0v) is 12.7. The minimum Gasteiger partial charge on any atom is -0.444 e. The van der Waals surface area contributed by atoms with Crippen molar-refractivity contribution < 1.29 is 19.1 Å². The van der Waals surface area contributed by atoms with Gasteiger partial charge in [0.15, 0.2) is 5.78 Å². The molecule has 0 radical (unpaired) electrons. The van der Waals surface area contributed by atoms with Crippen molar-refractivity contribution in [2.24, 2.45) is 0 Å². The first-order valence-corrected chi connectivity index (χ1v) is 7.05. The number of nitrogens with zero attached hydrogens (tertiary/aromatic N) is 1. The highest BCUT2D eigenvalue weighted by Crippen LogP contribution is 2.15. The van der Waals surface area contributed by atoms with Gasteiger partial charge in [-0.2, -0.15) is 0 Å². The summed E-state index contributed by atoms with van der Waals surface area (Å²) in [5.41, 5.74) is 0.0439. The molecule has 1 saturated heterocycles. The summed E-state index contributed by atoms with van der Waals surface area (Å²) in [6, 6.07) is 8.96. The molecule has 1 aliphatic heterocycles. The van der Waals surface area contributed by atoms with Crippen LogP contribution in [-0.4, -0.2) is 48.2 Å². The van der Waals surface area contributed by atoms with Crippen LogP contribution in [0.15, 0.2) is 30.3 Å². The Labute approximate surface area is 124 Å². The van der Waals surface area contributed by atoms with Gasteiger partial charge in [-0.15, -0.1) is 0 Å². The van der Waals surface area contributed by atoms with Crippen molar-refractivity contribution in [3.05, 3.63) is 35.9 Å². The third-order valence-electron chi connectivity index (χ3n) is 3.07. The lowest BCUT2D eigenvalue weighted by molar-refractivity contribution is -0.0321. The Bertz CT molecular complexity index is 507. The van der Waals surface area contributed by atoms with E-state index in [0.717, 1.165) is 0 Å². The summed E-state index contributed by atoms with van der Waals surface area (Å²) in [6.07, 6.45) is -1.04. The number of hydrogen-bond acceptors (Lipinski definition) is 4. The molecule has 2 rings (SSSR count). The predicted octanol–water partition coefficient (Wildman–Crippen LogP) is 2.51. The molecule has 1 unspecified atom stereocenters. The van der Waals surface area contributed by atoms with Crippen LogP contribution in [0, 0.1) is 0 Å². The molecule has 114 valence electrons. The fourth-order valence-corrected chi connectivity index (χ4v) is 2.09. The highest BCUT2D eigenvalue weighted by Gasteiger charge is 2.32. The first-order chi connectivity index (χ1) is 9.87. The highest BCUT2D eigenvalue weighted by atomic mass is 16.6. The summed E-state index contributed by atoms with van der Waals surface area (Å²) in [7, 11) is 0. The Morgan fingerprint density at radius 1 is 1.24 bits per heavy atom. The second-order valence-electron chi connectivity index (χ2n) is 6.02.